The normalized spacial score (nSPS) is 14.6. The lowest BCUT2D eigenvalue weighted by atomic mass is 9.91. The quantitative estimate of drug-likeness (QED) is 0.309. The molecule has 1 atom stereocenters. The molecule has 1 aliphatic heterocycles. The Balaban J connectivity index is 1.41. The number of aromatic nitrogens is 4. The highest BCUT2D eigenvalue weighted by atomic mass is 35.5. The van der Waals surface area contributed by atoms with Gasteiger partial charge in [0.05, 0.1) is 5.69 Å². The van der Waals surface area contributed by atoms with E-state index in [2.05, 4.69) is 26.2 Å². The molecule has 0 spiro atoms. The predicted molar refractivity (Wildman–Crippen MR) is 145 cm³/mol. The van der Waals surface area contributed by atoms with Crippen molar-refractivity contribution in [1.82, 2.24) is 25.1 Å². The second-order valence-corrected chi connectivity index (χ2v) is 9.11. The fraction of sp³-hybridized carbons (Fsp3) is 0.111. The van der Waals surface area contributed by atoms with E-state index in [-0.39, 0.29) is 11.8 Å². The number of anilines is 2. The summed E-state index contributed by atoms with van der Waals surface area (Å²) < 4.78 is 1.46. The minimum absolute atomic E-state index is 0.342. The SMILES string of the molecule is O=C(O)Nc1ccc(NC(=O)C2c3ccccc3CCN2C(=O)C=Cc2cc(Cl)ccc2-n2cnnn2)cc1. The van der Waals surface area contributed by atoms with E-state index in [1.165, 1.54) is 34.1 Å². The van der Waals surface area contributed by atoms with Crippen LogP contribution in [0.1, 0.15) is 22.7 Å². The molecule has 5 rings (SSSR count). The molecule has 3 amide bonds. The molecule has 1 aliphatic rings. The van der Waals surface area contributed by atoms with Gasteiger partial charge in [0.1, 0.15) is 12.4 Å². The number of nitrogens with zero attached hydrogens (tertiary/aromatic N) is 5. The van der Waals surface area contributed by atoms with Crippen LogP contribution in [0.4, 0.5) is 16.2 Å². The fourth-order valence-corrected chi connectivity index (χ4v) is 4.63. The fourth-order valence-electron chi connectivity index (χ4n) is 4.45. The maximum Gasteiger partial charge on any atom is 0.409 e. The molecule has 0 fully saturated rings. The number of rotatable bonds is 6. The number of hydrogen-bond acceptors (Lipinski definition) is 6. The highest BCUT2D eigenvalue weighted by Crippen LogP contribution is 2.32. The Kier molecular flexibility index (Phi) is 7.32. The molecule has 1 unspecified atom stereocenters. The summed E-state index contributed by atoms with van der Waals surface area (Å²) >= 11 is 6.20. The third-order valence-corrected chi connectivity index (χ3v) is 6.44. The van der Waals surface area contributed by atoms with E-state index < -0.39 is 12.1 Å². The van der Waals surface area contributed by atoms with Crippen LogP contribution in [0.5, 0.6) is 0 Å². The number of amides is 3. The summed E-state index contributed by atoms with van der Waals surface area (Å²) in [5.74, 6) is -0.742. The van der Waals surface area contributed by atoms with E-state index in [0.29, 0.717) is 40.6 Å². The molecule has 1 aromatic heterocycles. The van der Waals surface area contributed by atoms with E-state index >= 15 is 0 Å². The van der Waals surface area contributed by atoms with Crippen molar-refractivity contribution in [3.05, 3.63) is 101 Å². The van der Waals surface area contributed by atoms with Crippen LogP contribution in [0.2, 0.25) is 5.02 Å². The van der Waals surface area contributed by atoms with Crippen LogP contribution in [0, 0.1) is 0 Å². The van der Waals surface area contributed by atoms with Crippen molar-refractivity contribution in [2.24, 2.45) is 0 Å². The third kappa shape index (κ3) is 5.78. The van der Waals surface area contributed by atoms with Gasteiger partial charge in [-0.25, -0.2) is 4.79 Å². The number of carbonyl (C=O) groups excluding carboxylic acids is 2. The predicted octanol–water partition coefficient (Wildman–Crippen LogP) is 4.18. The first-order valence-electron chi connectivity index (χ1n) is 11.9. The Hall–Kier alpha value is -5.03. The molecule has 0 radical (unpaired) electrons. The standard InChI is InChI=1S/C27H22ClN7O4/c28-19-6-11-23(35-16-29-32-33-35)18(15-19)5-12-24(36)34-14-13-17-3-1-2-4-22(17)25(34)26(37)30-20-7-9-21(10-8-20)31-27(38)39/h1-12,15-16,25,31H,13-14H2,(H,30,37)(H,38,39). The number of carboxylic acid groups (broad SMARTS) is 1. The first-order chi connectivity index (χ1) is 18.9. The lowest BCUT2D eigenvalue weighted by Gasteiger charge is -2.35. The molecule has 11 nitrogen and oxygen atoms in total. The lowest BCUT2D eigenvalue weighted by Crippen LogP contribution is -2.44. The van der Waals surface area contributed by atoms with Gasteiger partial charge in [0, 0.05) is 34.6 Å². The average Bonchev–Trinajstić information content (AvgIpc) is 3.46. The van der Waals surface area contributed by atoms with Gasteiger partial charge < -0.3 is 15.3 Å². The maximum atomic E-state index is 13.6. The summed E-state index contributed by atoms with van der Waals surface area (Å²) in [6.07, 6.45) is 3.88. The minimum atomic E-state index is -1.18. The summed E-state index contributed by atoms with van der Waals surface area (Å²) in [5, 5.41) is 25.7. The summed E-state index contributed by atoms with van der Waals surface area (Å²) in [4.78, 5) is 39.4. The van der Waals surface area contributed by atoms with E-state index in [4.69, 9.17) is 16.7 Å². The van der Waals surface area contributed by atoms with Gasteiger partial charge in [0.15, 0.2) is 0 Å². The van der Waals surface area contributed by atoms with Crippen LogP contribution in [0.3, 0.4) is 0 Å². The largest absolute Gasteiger partial charge is 0.465 e. The lowest BCUT2D eigenvalue weighted by molar-refractivity contribution is -0.135. The van der Waals surface area contributed by atoms with E-state index in [9.17, 15) is 14.4 Å². The van der Waals surface area contributed by atoms with Gasteiger partial charge >= 0.3 is 6.09 Å². The molecule has 2 heterocycles. The third-order valence-electron chi connectivity index (χ3n) is 6.21. The average molecular weight is 544 g/mol. The van der Waals surface area contributed by atoms with Crippen LogP contribution < -0.4 is 10.6 Å². The number of halogens is 1. The van der Waals surface area contributed by atoms with E-state index in [0.717, 1.165) is 11.1 Å². The Bertz CT molecular complexity index is 1550. The molecular weight excluding hydrogens is 522 g/mol. The van der Waals surface area contributed by atoms with Gasteiger partial charge in [0.25, 0.3) is 5.91 Å². The van der Waals surface area contributed by atoms with E-state index in [1.54, 1.807) is 36.4 Å². The van der Waals surface area contributed by atoms with Crippen LogP contribution in [-0.4, -0.2) is 54.7 Å². The molecule has 3 N–H and O–H groups in total. The Morgan fingerprint density at radius 2 is 1.74 bits per heavy atom. The molecule has 0 bridgehead atoms. The molecule has 12 heteroatoms. The van der Waals surface area contributed by atoms with Gasteiger partial charge in [-0.05, 0) is 76.5 Å². The maximum absolute atomic E-state index is 13.6. The van der Waals surface area contributed by atoms with Gasteiger partial charge in [-0.2, -0.15) is 4.68 Å². The summed E-state index contributed by atoms with van der Waals surface area (Å²) in [5.41, 5.74) is 3.82. The topological polar surface area (TPSA) is 142 Å². The van der Waals surface area contributed by atoms with Crippen molar-refractivity contribution in [3.8, 4) is 5.69 Å². The minimum Gasteiger partial charge on any atom is -0.465 e. The number of carbonyl (C=O) groups is 3. The first-order valence-corrected chi connectivity index (χ1v) is 12.3. The zero-order valence-electron chi connectivity index (χ0n) is 20.4. The van der Waals surface area contributed by atoms with Crippen molar-refractivity contribution >= 4 is 47.0 Å². The molecule has 39 heavy (non-hydrogen) atoms. The summed E-state index contributed by atoms with van der Waals surface area (Å²) in [6.45, 7) is 0.342. The Morgan fingerprint density at radius 3 is 2.46 bits per heavy atom. The molecule has 0 saturated carbocycles. The highest BCUT2D eigenvalue weighted by Gasteiger charge is 2.35. The number of hydrogen-bond donors (Lipinski definition) is 3. The van der Waals surface area contributed by atoms with Crippen LogP contribution in [0.25, 0.3) is 11.8 Å². The molecule has 3 aromatic carbocycles. The number of benzene rings is 3. The van der Waals surface area contributed by atoms with Crippen molar-refractivity contribution in [2.75, 3.05) is 17.2 Å². The number of fused-ring (bicyclic) bond motifs is 1. The van der Waals surface area contributed by atoms with Gasteiger partial charge in [-0.3, -0.25) is 14.9 Å². The Labute approximate surface area is 227 Å². The highest BCUT2D eigenvalue weighted by molar-refractivity contribution is 6.30. The summed E-state index contributed by atoms with van der Waals surface area (Å²) in [6, 6.07) is 18.0. The van der Waals surface area contributed by atoms with Crippen molar-refractivity contribution in [3.63, 3.8) is 0 Å². The number of nitrogens with one attached hydrogen (secondary N) is 2. The van der Waals surface area contributed by atoms with Crippen molar-refractivity contribution < 1.29 is 19.5 Å². The Morgan fingerprint density at radius 1 is 1.00 bits per heavy atom. The van der Waals surface area contributed by atoms with Crippen molar-refractivity contribution in [1.29, 1.82) is 0 Å². The van der Waals surface area contributed by atoms with Gasteiger partial charge in [-0.1, -0.05) is 35.9 Å². The molecule has 0 aliphatic carbocycles. The molecule has 196 valence electrons. The van der Waals surface area contributed by atoms with Crippen LogP contribution >= 0.6 is 11.6 Å². The smallest absolute Gasteiger partial charge is 0.409 e. The monoisotopic (exact) mass is 543 g/mol. The van der Waals surface area contributed by atoms with Crippen molar-refractivity contribution in [2.45, 2.75) is 12.5 Å². The second kappa shape index (κ2) is 11.2. The zero-order valence-corrected chi connectivity index (χ0v) is 21.1. The molecular formula is C27H22ClN7O4. The second-order valence-electron chi connectivity index (χ2n) is 8.67. The molecule has 0 saturated heterocycles. The first kappa shape index (κ1) is 25.6. The summed E-state index contributed by atoms with van der Waals surface area (Å²) in [7, 11) is 0. The van der Waals surface area contributed by atoms with Gasteiger partial charge in [0.2, 0.25) is 5.91 Å². The number of tetrazole rings is 1. The molecule has 4 aromatic rings. The van der Waals surface area contributed by atoms with Gasteiger partial charge in [-0.15, -0.1) is 5.10 Å². The zero-order chi connectivity index (χ0) is 27.4. The van der Waals surface area contributed by atoms with Crippen LogP contribution in [0.15, 0.2) is 79.1 Å². The van der Waals surface area contributed by atoms with E-state index in [1.807, 2.05) is 24.3 Å². The van der Waals surface area contributed by atoms with Crippen LogP contribution in [-0.2, 0) is 16.0 Å².